The van der Waals surface area contributed by atoms with E-state index in [0.717, 1.165) is 29.8 Å². The van der Waals surface area contributed by atoms with Gasteiger partial charge < -0.3 is 10.5 Å². The minimum atomic E-state index is -0.232. The van der Waals surface area contributed by atoms with E-state index >= 15 is 0 Å². The summed E-state index contributed by atoms with van der Waals surface area (Å²) in [6.45, 7) is 2.66. The number of fused-ring (bicyclic) bond motifs is 1. The largest absolute Gasteiger partial charge is 0.488 e. The van der Waals surface area contributed by atoms with Gasteiger partial charge in [0.2, 0.25) is 0 Å². The highest BCUT2D eigenvalue weighted by molar-refractivity contribution is 5.38. The number of aromatic nitrogens is 3. The lowest BCUT2D eigenvalue weighted by atomic mass is 10.1. The Bertz CT molecular complexity index is 626. The van der Waals surface area contributed by atoms with Gasteiger partial charge in [-0.3, -0.25) is 0 Å². The van der Waals surface area contributed by atoms with Crippen LogP contribution in [0.2, 0.25) is 0 Å². The van der Waals surface area contributed by atoms with Crippen molar-refractivity contribution in [1.29, 1.82) is 0 Å². The van der Waals surface area contributed by atoms with Crippen molar-refractivity contribution in [3.05, 3.63) is 35.3 Å². The normalized spacial score (nSPS) is 17.0. The fraction of sp³-hybridized carbons (Fsp3) is 0.429. The Morgan fingerprint density at radius 2 is 2.35 bits per heavy atom. The third kappa shape index (κ3) is 2.33. The summed E-state index contributed by atoms with van der Waals surface area (Å²) >= 11 is 0. The predicted molar refractivity (Wildman–Crippen MR) is 72.9 cm³/mol. The highest BCUT2D eigenvalue weighted by Gasteiger charge is 2.25. The summed E-state index contributed by atoms with van der Waals surface area (Å²) in [6.07, 6.45) is 2.45. The molecule has 3 rings (SSSR count). The predicted octanol–water partition coefficient (Wildman–Crippen LogP) is 1.96. The molecule has 1 atom stereocenters. The molecule has 1 unspecified atom stereocenters. The zero-order valence-electron chi connectivity index (χ0n) is 11.3. The first kappa shape index (κ1) is 12.9. The average molecular weight is 276 g/mol. The van der Waals surface area contributed by atoms with Crippen LogP contribution in [0.15, 0.2) is 18.2 Å². The number of anilines is 1. The molecule has 2 heterocycles. The van der Waals surface area contributed by atoms with Crippen LogP contribution in [-0.2, 0) is 19.4 Å². The van der Waals surface area contributed by atoms with E-state index in [1.807, 2.05) is 0 Å². The molecule has 1 aromatic carbocycles. The number of ether oxygens (including phenoxy) is 1. The maximum absolute atomic E-state index is 13.2. The maximum Gasteiger partial charge on any atom is 0.169 e. The van der Waals surface area contributed by atoms with Crippen molar-refractivity contribution in [2.45, 2.75) is 38.8 Å². The molecule has 0 aliphatic carbocycles. The van der Waals surface area contributed by atoms with E-state index in [4.69, 9.17) is 10.5 Å². The van der Waals surface area contributed by atoms with E-state index in [9.17, 15) is 4.39 Å². The van der Waals surface area contributed by atoms with Gasteiger partial charge in [-0.2, -0.15) is 0 Å². The standard InChI is InChI=1S/C14H17FN4O/c1-2-3-12-14(16)17-18-19(12)8-11-7-9-6-10(15)4-5-13(9)20-11/h4-6,11H,2-3,7-8,16H2,1H3. The topological polar surface area (TPSA) is 66.0 Å². The van der Waals surface area contributed by atoms with E-state index in [0.29, 0.717) is 18.8 Å². The van der Waals surface area contributed by atoms with Crippen molar-refractivity contribution >= 4 is 5.82 Å². The van der Waals surface area contributed by atoms with Gasteiger partial charge in [0, 0.05) is 12.0 Å². The summed E-state index contributed by atoms with van der Waals surface area (Å²) in [5, 5.41) is 7.98. The third-order valence-electron chi connectivity index (χ3n) is 3.49. The monoisotopic (exact) mass is 276 g/mol. The van der Waals surface area contributed by atoms with Crippen LogP contribution in [-0.4, -0.2) is 21.1 Å². The molecule has 2 N–H and O–H groups in total. The molecule has 0 amide bonds. The molecule has 0 spiro atoms. The van der Waals surface area contributed by atoms with Crippen LogP contribution in [0.1, 0.15) is 24.6 Å². The lowest BCUT2D eigenvalue weighted by Gasteiger charge is -2.12. The second-order valence-electron chi connectivity index (χ2n) is 5.05. The molecule has 2 aromatic rings. The average Bonchev–Trinajstić information content (AvgIpc) is 2.96. The lowest BCUT2D eigenvalue weighted by molar-refractivity contribution is 0.200. The Hall–Kier alpha value is -2.11. The molecular formula is C14H17FN4O. The van der Waals surface area contributed by atoms with Crippen LogP contribution in [0.4, 0.5) is 10.2 Å². The Morgan fingerprint density at radius 3 is 3.15 bits per heavy atom. The van der Waals surface area contributed by atoms with Gasteiger partial charge in [0.25, 0.3) is 0 Å². The lowest BCUT2D eigenvalue weighted by Crippen LogP contribution is -2.23. The summed E-state index contributed by atoms with van der Waals surface area (Å²) in [5.41, 5.74) is 7.67. The van der Waals surface area contributed by atoms with Gasteiger partial charge in [0.15, 0.2) is 5.82 Å². The Balaban J connectivity index is 1.75. The van der Waals surface area contributed by atoms with E-state index in [2.05, 4.69) is 17.2 Å². The molecule has 1 aromatic heterocycles. The number of benzene rings is 1. The third-order valence-corrected chi connectivity index (χ3v) is 3.49. The second-order valence-corrected chi connectivity index (χ2v) is 5.05. The Morgan fingerprint density at radius 1 is 1.50 bits per heavy atom. The smallest absolute Gasteiger partial charge is 0.169 e. The van der Waals surface area contributed by atoms with E-state index in [1.165, 1.54) is 12.1 Å². The number of hydrogen-bond acceptors (Lipinski definition) is 4. The summed E-state index contributed by atoms with van der Waals surface area (Å²) in [5.74, 6) is 1.000. The molecule has 0 saturated heterocycles. The summed E-state index contributed by atoms with van der Waals surface area (Å²) in [4.78, 5) is 0. The van der Waals surface area contributed by atoms with Gasteiger partial charge in [-0.15, -0.1) is 5.10 Å². The highest BCUT2D eigenvalue weighted by Crippen LogP contribution is 2.30. The van der Waals surface area contributed by atoms with Gasteiger partial charge in [-0.05, 0) is 24.6 Å². The first-order chi connectivity index (χ1) is 9.67. The summed E-state index contributed by atoms with van der Waals surface area (Å²) in [6, 6.07) is 4.61. The van der Waals surface area contributed by atoms with E-state index in [1.54, 1.807) is 10.7 Å². The van der Waals surface area contributed by atoms with Gasteiger partial charge in [-0.1, -0.05) is 18.6 Å². The highest BCUT2D eigenvalue weighted by atomic mass is 19.1. The molecule has 106 valence electrons. The number of nitrogen functional groups attached to an aromatic ring is 1. The Kier molecular flexibility index (Phi) is 3.30. The summed E-state index contributed by atoms with van der Waals surface area (Å²) in [7, 11) is 0. The number of nitrogens with two attached hydrogens (primary N) is 1. The van der Waals surface area contributed by atoms with Crippen LogP contribution in [0.5, 0.6) is 5.75 Å². The first-order valence-corrected chi connectivity index (χ1v) is 6.80. The molecule has 0 radical (unpaired) electrons. The van der Waals surface area contributed by atoms with Gasteiger partial charge in [-0.25, -0.2) is 9.07 Å². The van der Waals surface area contributed by atoms with E-state index < -0.39 is 0 Å². The molecule has 5 nitrogen and oxygen atoms in total. The molecular weight excluding hydrogens is 259 g/mol. The van der Waals surface area contributed by atoms with E-state index in [-0.39, 0.29) is 11.9 Å². The maximum atomic E-state index is 13.2. The second kappa shape index (κ2) is 5.11. The van der Waals surface area contributed by atoms with Crippen LogP contribution in [0.3, 0.4) is 0 Å². The van der Waals surface area contributed by atoms with Crippen molar-refractivity contribution in [3.8, 4) is 5.75 Å². The summed E-state index contributed by atoms with van der Waals surface area (Å²) < 4.78 is 20.8. The zero-order chi connectivity index (χ0) is 14.1. The minimum absolute atomic E-state index is 0.0523. The number of nitrogens with zero attached hydrogens (tertiary/aromatic N) is 3. The minimum Gasteiger partial charge on any atom is -0.488 e. The van der Waals surface area contributed by atoms with Gasteiger partial charge in [0.1, 0.15) is 17.7 Å². The number of rotatable bonds is 4. The molecule has 0 bridgehead atoms. The van der Waals surface area contributed by atoms with Crippen LogP contribution >= 0.6 is 0 Å². The number of halogens is 1. The van der Waals surface area contributed by atoms with Crippen LogP contribution in [0, 0.1) is 5.82 Å². The molecule has 0 saturated carbocycles. The molecule has 20 heavy (non-hydrogen) atoms. The SMILES string of the molecule is CCCc1c(N)nnn1CC1Cc2cc(F)ccc2O1. The van der Waals surface area contributed by atoms with Crippen LogP contribution < -0.4 is 10.5 Å². The Labute approximate surface area is 116 Å². The van der Waals surface area contributed by atoms with Gasteiger partial charge >= 0.3 is 0 Å². The zero-order valence-corrected chi connectivity index (χ0v) is 11.3. The first-order valence-electron chi connectivity index (χ1n) is 6.80. The van der Waals surface area contributed by atoms with Crippen molar-refractivity contribution in [2.75, 3.05) is 5.73 Å². The van der Waals surface area contributed by atoms with Crippen LogP contribution in [0.25, 0.3) is 0 Å². The van der Waals surface area contributed by atoms with Crippen molar-refractivity contribution in [2.24, 2.45) is 0 Å². The molecule has 1 aliphatic heterocycles. The number of hydrogen-bond donors (Lipinski definition) is 1. The van der Waals surface area contributed by atoms with Crippen molar-refractivity contribution in [1.82, 2.24) is 15.0 Å². The molecule has 1 aliphatic rings. The van der Waals surface area contributed by atoms with Gasteiger partial charge in [0.05, 0.1) is 12.2 Å². The fourth-order valence-electron chi connectivity index (χ4n) is 2.57. The molecule has 6 heteroatoms. The van der Waals surface area contributed by atoms with Crippen molar-refractivity contribution in [3.63, 3.8) is 0 Å². The van der Waals surface area contributed by atoms with Crippen molar-refractivity contribution < 1.29 is 9.13 Å². The molecule has 0 fully saturated rings. The quantitative estimate of drug-likeness (QED) is 0.927. The fourth-order valence-corrected chi connectivity index (χ4v) is 2.57.